The number of hydrogen-bond donors (Lipinski definition) is 1. The van der Waals surface area contributed by atoms with Crippen LogP contribution in [0.3, 0.4) is 0 Å². The van der Waals surface area contributed by atoms with Gasteiger partial charge in [0.05, 0.1) is 6.54 Å². The van der Waals surface area contributed by atoms with E-state index in [4.69, 9.17) is 0 Å². The zero-order valence-corrected chi connectivity index (χ0v) is 15.1. The summed E-state index contributed by atoms with van der Waals surface area (Å²) in [6.07, 6.45) is 3.24. The molecular formula is C17H23BrN2O2. The second-order valence-corrected chi connectivity index (χ2v) is 6.86. The van der Waals surface area contributed by atoms with Gasteiger partial charge in [-0.05, 0) is 45.4 Å². The summed E-state index contributed by atoms with van der Waals surface area (Å²) in [5.74, 6) is -0.334. The van der Waals surface area contributed by atoms with Crippen molar-refractivity contribution in [1.82, 2.24) is 10.2 Å². The molecule has 0 aromatic heterocycles. The van der Waals surface area contributed by atoms with Gasteiger partial charge in [0.25, 0.3) is 0 Å². The minimum absolute atomic E-state index is 0.0624. The molecule has 1 aromatic rings. The minimum Gasteiger partial charge on any atom is -0.350 e. The monoisotopic (exact) mass is 366 g/mol. The van der Waals surface area contributed by atoms with Gasteiger partial charge >= 0.3 is 0 Å². The lowest BCUT2D eigenvalue weighted by Crippen LogP contribution is -2.47. The minimum atomic E-state index is -0.301. The Hall–Kier alpha value is -1.62. The zero-order valence-electron chi connectivity index (χ0n) is 13.5. The lowest BCUT2D eigenvalue weighted by atomic mass is 10.1. The Kier molecular flexibility index (Phi) is 6.81. The number of carbonyl (C=O) groups excluding carboxylic acids is 2. The second-order valence-electron chi connectivity index (χ2n) is 6.01. The van der Waals surface area contributed by atoms with Gasteiger partial charge in [0.1, 0.15) is 0 Å². The summed E-state index contributed by atoms with van der Waals surface area (Å²) in [7, 11) is 0. The average Bonchev–Trinajstić information content (AvgIpc) is 2.41. The van der Waals surface area contributed by atoms with E-state index < -0.39 is 0 Å². The first-order valence-corrected chi connectivity index (χ1v) is 8.04. The van der Waals surface area contributed by atoms with Gasteiger partial charge in [0.15, 0.2) is 0 Å². The van der Waals surface area contributed by atoms with Crippen LogP contribution in [-0.4, -0.2) is 35.3 Å². The molecule has 0 saturated heterocycles. The molecule has 1 rings (SSSR count). The highest BCUT2D eigenvalue weighted by molar-refractivity contribution is 9.10. The Morgan fingerprint density at radius 1 is 1.27 bits per heavy atom. The molecule has 2 amide bonds. The number of halogens is 1. The third kappa shape index (κ3) is 6.43. The first kappa shape index (κ1) is 18.4. The molecule has 0 heterocycles. The van der Waals surface area contributed by atoms with Gasteiger partial charge in [-0.25, -0.2) is 0 Å². The van der Waals surface area contributed by atoms with Crippen LogP contribution in [0.25, 0.3) is 6.08 Å². The van der Waals surface area contributed by atoms with Gasteiger partial charge in [-0.15, -0.1) is 0 Å². The van der Waals surface area contributed by atoms with Crippen LogP contribution in [0.4, 0.5) is 0 Å². The fraction of sp³-hybridized carbons (Fsp3) is 0.412. The fourth-order valence-electron chi connectivity index (χ4n) is 1.85. The smallest absolute Gasteiger partial charge is 0.247 e. The van der Waals surface area contributed by atoms with Crippen molar-refractivity contribution in [1.29, 1.82) is 0 Å². The van der Waals surface area contributed by atoms with Crippen LogP contribution < -0.4 is 5.32 Å². The van der Waals surface area contributed by atoms with Crippen LogP contribution >= 0.6 is 15.9 Å². The van der Waals surface area contributed by atoms with Crippen molar-refractivity contribution in [2.75, 3.05) is 13.1 Å². The second kappa shape index (κ2) is 8.13. The van der Waals surface area contributed by atoms with Crippen molar-refractivity contribution >= 4 is 33.8 Å². The van der Waals surface area contributed by atoms with E-state index in [1.165, 1.54) is 11.0 Å². The summed E-state index contributed by atoms with van der Waals surface area (Å²) in [4.78, 5) is 25.6. The van der Waals surface area contributed by atoms with Crippen LogP contribution in [0.15, 0.2) is 34.8 Å². The third-order valence-electron chi connectivity index (χ3n) is 2.85. The van der Waals surface area contributed by atoms with Crippen molar-refractivity contribution < 1.29 is 9.59 Å². The summed E-state index contributed by atoms with van der Waals surface area (Å²) in [6.45, 7) is 8.14. The Balaban J connectivity index is 2.69. The van der Waals surface area contributed by atoms with Gasteiger partial charge in [-0.2, -0.15) is 0 Å². The molecule has 0 spiro atoms. The third-order valence-corrected chi connectivity index (χ3v) is 3.58. The number of rotatable bonds is 5. The lowest BCUT2D eigenvalue weighted by Gasteiger charge is -2.24. The highest BCUT2D eigenvalue weighted by Crippen LogP contribution is 2.17. The summed E-state index contributed by atoms with van der Waals surface area (Å²) < 4.78 is 0.924. The summed E-state index contributed by atoms with van der Waals surface area (Å²) >= 11 is 3.43. The van der Waals surface area contributed by atoms with Gasteiger partial charge in [0.2, 0.25) is 11.8 Å². The summed E-state index contributed by atoms with van der Waals surface area (Å²) in [6, 6.07) is 7.65. The quantitative estimate of drug-likeness (QED) is 0.813. The molecule has 1 aromatic carbocycles. The SMILES string of the molecule is CCN(CC(=O)NC(C)(C)C)C(=O)/C=C/c1ccccc1Br. The van der Waals surface area contributed by atoms with Crippen molar-refractivity contribution in [2.45, 2.75) is 33.2 Å². The van der Waals surface area contributed by atoms with Crippen molar-refractivity contribution in [3.8, 4) is 0 Å². The highest BCUT2D eigenvalue weighted by atomic mass is 79.9. The van der Waals surface area contributed by atoms with Crippen molar-refractivity contribution in [2.24, 2.45) is 0 Å². The standard InChI is InChI=1S/C17H23BrN2O2/c1-5-20(12-15(21)19-17(2,3)4)16(22)11-10-13-8-6-7-9-14(13)18/h6-11H,5,12H2,1-4H3,(H,19,21)/b11-10+. The molecule has 5 heteroatoms. The average molecular weight is 367 g/mol. The number of likely N-dealkylation sites (N-methyl/N-ethyl adjacent to an activating group) is 1. The molecule has 0 bridgehead atoms. The van der Waals surface area contributed by atoms with E-state index >= 15 is 0 Å². The lowest BCUT2D eigenvalue weighted by molar-refractivity contribution is -0.132. The zero-order chi connectivity index (χ0) is 16.8. The predicted molar refractivity (Wildman–Crippen MR) is 93.3 cm³/mol. The predicted octanol–water partition coefficient (Wildman–Crippen LogP) is 3.23. The Morgan fingerprint density at radius 2 is 1.91 bits per heavy atom. The molecule has 0 radical (unpaired) electrons. The first-order valence-electron chi connectivity index (χ1n) is 7.25. The van der Waals surface area contributed by atoms with Gasteiger partial charge < -0.3 is 10.2 Å². The molecule has 0 saturated carbocycles. The summed E-state index contributed by atoms with van der Waals surface area (Å²) in [5, 5.41) is 2.86. The van der Waals surface area contributed by atoms with E-state index in [1.54, 1.807) is 6.08 Å². The van der Waals surface area contributed by atoms with Crippen molar-refractivity contribution in [3.05, 3.63) is 40.4 Å². The molecule has 22 heavy (non-hydrogen) atoms. The number of nitrogens with zero attached hydrogens (tertiary/aromatic N) is 1. The molecule has 0 aliphatic heterocycles. The topological polar surface area (TPSA) is 49.4 Å². The fourth-order valence-corrected chi connectivity index (χ4v) is 2.27. The van der Waals surface area contributed by atoms with E-state index in [9.17, 15) is 9.59 Å². The van der Waals surface area contributed by atoms with E-state index in [0.29, 0.717) is 6.54 Å². The molecule has 120 valence electrons. The Morgan fingerprint density at radius 3 is 2.45 bits per heavy atom. The van der Waals surface area contributed by atoms with E-state index in [-0.39, 0.29) is 23.9 Å². The largest absolute Gasteiger partial charge is 0.350 e. The van der Waals surface area contributed by atoms with E-state index in [2.05, 4.69) is 21.2 Å². The maximum atomic E-state index is 12.2. The van der Waals surface area contributed by atoms with Crippen LogP contribution in [0.1, 0.15) is 33.3 Å². The normalized spacial score (nSPS) is 11.5. The number of nitrogens with one attached hydrogen (secondary N) is 1. The van der Waals surface area contributed by atoms with E-state index in [0.717, 1.165) is 10.0 Å². The molecule has 4 nitrogen and oxygen atoms in total. The molecule has 0 unspecified atom stereocenters. The Bertz CT molecular complexity index is 562. The number of benzene rings is 1. The maximum Gasteiger partial charge on any atom is 0.247 e. The molecule has 1 N–H and O–H groups in total. The molecule has 0 atom stereocenters. The van der Waals surface area contributed by atoms with Gasteiger partial charge in [0, 0.05) is 22.6 Å². The molecule has 0 aliphatic rings. The number of carbonyl (C=O) groups is 2. The number of hydrogen-bond acceptors (Lipinski definition) is 2. The van der Waals surface area contributed by atoms with Gasteiger partial charge in [-0.1, -0.05) is 34.1 Å². The highest BCUT2D eigenvalue weighted by Gasteiger charge is 2.18. The maximum absolute atomic E-state index is 12.2. The van der Waals surface area contributed by atoms with Crippen LogP contribution in [0.2, 0.25) is 0 Å². The molecule has 0 fully saturated rings. The van der Waals surface area contributed by atoms with Gasteiger partial charge in [-0.3, -0.25) is 9.59 Å². The first-order chi connectivity index (χ1) is 10.2. The van der Waals surface area contributed by atoms with E-state index in [1.807, 2.05) is 52.0 Å². The molecule has 0 aliphatic carbocycles. The Labute approximate surface area is 140 Å². The van der Waals surface area contributed by atoms with Crippen LogP contribution in [0, 0.1) is 0 Å². The van der Waals surface area contributed by atoms with Crippen LogP contribution in [0.5, 0.6) is 0 Å². The van der Waals surface area contributed by atoms with Crippen LogP contribution in [-0.2, 0) is 9.59 Å². The molecular weight excluding hydrogens is 344 g/mol. The number of amides is 2. The van der Waals surface area contributed by atoms with Crippen molar-refractivity contribution in [3.63, 3.8) is 0 Å². The summed E-state index contributed by atoms with van der Waals surface area (Å²) in [5.41, 5.74) is 0.621.